The number of fused-ring (bicyclic) bond motifs is 1. The van der Waals surface area contributed by atoms with E-state index in [1.54, 1.807) is 12.1 Å². The highest BCUT2D eigenvalue weighted by molar-refractivity contribution is 6.00. The van der Waals surface area contributed by atoms with Gasteiger partial charge in [-0.2, -0.15) is 0 Å². The van der Waals surface area contributed by atoms with Crippen molar-refractivity contribution in [2.45, 2.75) is 12.5 Å². The summed E-state index contributed by atoms with van der Waals surface area (Å²) in [7, 11) is 0. The van der Waals surface area contributed by atoms with Crippen molar-refractivity contribution in [3.05, 3.63) is 66.1 Å². The standard InChI is InChI=1S/C18H17N3O3/c22-11-14(9-12-5-2-1-3-6-12)21-18(24)16-17(23)15-13(10-20-16)7-4-8-19-15/h1-8,10,14,22-23H,9,11H2,(H,21,24)/t14-/m1/s1. The zero-order valence-corrected chi connectivity index (χ0v) is 12.9. The van der Waals surface area contributed by atoms with Gasteiger partial charge in [-0.3, -0.25) is 9.78 Å². The molecule has 3 aromatic rings. The van der Waals surface area contributed by atoms with Gasteiger partial charge in [0.25, 0.3) is 5.91 Å². The summed E-state index contributed by atoms with van der Waals surface area (Å²) in [6.45, 7) is -0.215. The molecule has 0 bridgehead atoms. The highest BCUT2D eigenvalue weighted by Crippen LogP contribution is 2.24. The first kappa shape index (κ1) is 15.9. The lowest BCUT2D eigenvalue weighted by Gasteiger charge is -2.16. The molecule has 24 heavy (non-hydrogen) atoms. The Bertz CT molecular complexity index is 853. The van der Waals surface area contributed by atoms with E-state index in [1.165, 1.54) is 12.4 Å². The van der Waals surface area contributed by atoms with Crippen molar-refractivity contribution in [2.75, 3.05) is 6.61 Å². The van der Waals surface area contributed by atoms with Crippen molar-refractivity contribution < 1.29 is 15.0 Å². The van der Waals surface area contributed by atoms with E-state index < -0.39 is 11.9 Å². The molecule has 0 aliphatic carbocycles. The number of nitrogens with zero attached hydrogens (tertiary/aromatic N) is 2. The molecule has 1 amide bonds. The first-order valence-electron chi connectivity index (χ1n) is 7.57. The van der Waals surface area contributed by atoms with Crippen LogP contribution in [-0.2, 0) is 6.42 Å². The molecule has 0 radical (unpaired) electrons. The summed E-state index contributed by atoms with van der Waals surface area (Å²) < 4.78 is 0. The van der Waals surface area contributed by atoms with Gasteiger partial charge >= 0.3 is 0 Å². The Morgan fingerprint density at radius 1 is 1.12 bits per heavy atom. The number of hydrogen-bond donors (Lipinski definition) is 3. The SMILES string of the molecule is O=C(N[C@@H](CO)Cc1ccccc1)c1ncc2cccnc2c1O. The Kier molecular flexibility index (Phi) is 4.67. The van der Waals surface area contributed by atoms with Crippen LogP contribution < -0.4 is 5.32 Å². The van der Waals surface area contributed by atoms with Crippen molar-refractivity contribution in [1.29, 1.82) is 0 Å². The maximum Gasteiger partial charge on any atom is 0.274 e. The van der Waals surface area contributed by atoms with E-state index >= 15 is 0 Å². The van der Waals surface area contributed by atoms with E-state index in [0.717, 1.165) is 5.56 Å². The summed E-state index contributed by atoms with van der Waals surface area (Å²) in [5.74, 6) is -0.808. The Hall–Kier alpha value is -2.99. The Morgan fingerprint density at radius 2 is 1.92 bits per heavy atom. The molecule has 3 rings (SSSR count). The molecule has 0 unspecified atom stereocenters. The van der Waals surface area contributed by atoms with Crippen LogP contribution in [0.4, 0.5) is 0 Å². The molecule has 0 saturated heterocycles. The fourth-order valence-corrected chi connectivity index (χ4v) is 2.51. The van der Waals surface area contributed by atoms with Crippen LogP contribution in [0.15, 0.2) is 54.9 Å². The van der Waals surface area contributed by atoms with Crippen molar-refractivity contribution in [3.8, 4) is 5.75 Å². The Morgan fingerprint density at radius 3 is 2.67 bits per heavy atom. The number of nitrogens with one attached hydrogen (secondary N) is 1. The summed E-state index contributed by atoms with van der Waals surface area (Å²) in [6.07, 6.45) is 3.51. The van der Waals surface area contributed by atoms with Crippen LogP contribution in [0.3, 0.4) is 0 Å². The van der Waals surface area contributed by atoms with Gasteiger partial charge in [-0.15, -0.1) is 0 Å². The summed E-state index contributed by atoms with van der Waals surface area (Å²) in [5, 5.41) is 23.1. The van der Waals surface area contributed by atoms with Crippen LogP contribution in [0.25, 0.3) is 10.9 Å². The third-order valence-corrected chi connectivity index (χ3v) is 3.72. The molecular weight excluding hydrogens is 306 g/mol. The lowest BCUT2D eigenvalue weighted by molar-refractivity contribution is 0.0908. The Labute approximate surface area is 138 Å². The number of aromatic hydroxyl groups is 1. The number of benzene rings is 1. The Balaban J connectivity index is 1.79. The second-order valence-corrected chi connectivity index (χ2v) is 5.44. The van der Waals surface area contributed by atoms with E-state index in [9.17, 15) is 15.0 Å². The summed E-state index contributed by atoms with van der Waals surface area (Å²) in [4.78, 5) is 20.5. The summed E-state index contributed by atoms with van der Waals surface area (Å²) in [5.41, 5.74) is 1.21. The van der Waals surface area contributed by atoms with Gasteiger partial charge in [0.2, 0.25) is 0 Å². The lowest BCUT2D eigenvalue weighted by atomic mass is 10.1. The largest absolute Gasteiger partial charge is 0.504 e. The van der Waals surface area contributed by atoms with Gasteiger partial charge in [0.15, 0.2) is 11.4 Å². The molecule has 1 aromatic carbocycles. The van der Waals surface area contributed by atoms with Crippen LogP contribution in [0.5, 0.6) is 5.75 Å². The van der Waals surface area contributed by atoms with Crippen LogP contribution >= 0.6 is 0 Å². The van der Waals surface area contributed by atoms with Gasteiger partial charge in [0.05, 0.1) is 12.6 Å². The van der Waals surface area contributed by atoms with Crippen molar-refractivity contribution in [2.24, 2.45) is 0 Å². The lowest BCUT2D eigenvalue weighted by Crippen LogP contribution is -2.39. The molecule has 0 aliphatic rings. The van der Waals surface area contributed by atoms with E-state index in [4.69, 9.17) is 0 Å². The maximum atomic E-state index is 12.4. The molecule has 6 nitrogen and oxygen atoms in total. The maximum absolute atomic E-state index is 12.4. The second kappa shape index (κ2) is 7.06. The molecule has 0 spiro atoms. The number of aliphatic hydroxyl groups excluding tert-OH is 1. The van der Waals surface area contributed by atoms with Crippen LogP contribution in [-0.4, -0.2) is 38.7 Å². The second-order valence-electron chi connectivity index (χ2n) is 5.44. The number of carbonyl (C=O) groups is 1. The topological polar surface area (TPSA) is 95.3 Å². The van der Waals surface area contributed by atoms with Gasteiger partial charge in [-0.25, -0.2) is 4.98 Å². The number of aromatic nitrogens is 2. The van der Waals surface area contributed by atoms with Crippen LogP contribution in [0.1, 0.15) is 16.1 Å². The molecule has 2 aromatic heterocycles. The minimum Gasteiger partial charge on any atom is -0.504 e. The molecule has 2 heterocycles. The van der Waals surface area contributed by atoms with Gasteiger partial charge < -0.3 is 15.5 Å². The average Bonchev–Trinajstić information content (AvgIpc) is 2.62. The third-order valence-electron chi connectivity index (χ3n) is 3.72. The highest BCUT2D eigenvalue weighted by atomic mass is 16.3. The van der Waals surface area contributed by atoms with Crippen LogP contribution in [0, 0.1) is 0 Å². The number of rotatable bonds is 5. The molecule has 1 atom stereocenters. The predicted octanol–water partition coefficient (Wildman–Crippen LogP) is 1.67. The third kappa shape index (κ3) is 3.33. The molecular formula is C18H17N3O3. The van der Waals surface area contributed by atoms with Gasteiger partial charge in [-0.1, -0.05) is 30.3 Å². The number of carbonyl (C=O) groups excluding carboxylic acids is 1. The number of aliphatic hydroxyl groups is 1. The van der Waals surface area contributed by atoms with Crippen LogP contribution in [0.2, 0.25) is 0 Å². The molecule has 122 valence electrons. The first-order chi connectivity index (χ1) is 11.7. The molecule has 0 fully saturated rings. The van der Waals surface area contributed by atoms with E-state index in [1.807, 2.05) is 30.3 Å². The van der Waals surface area contributed by atoms with Gasteiger partial charge in [0, 0.05) is 17.8 Å². The van der Waals surface area contributed by atoms with Crippen molar-refractivity contribution in [3.63, 3.8) is 0 Å². The fraction of sp³-hybridized carbons (Fsp3) is 0.167. The molecule has 0 aliphatic heterocycles. The predicted molar refractivity (Wildman–Crippen MR) is 89.7 cm³/mol. The minimum absolute atomic E-state index is 0.104. The average molecular weight is 323 g/mol. The zero-order valence-electron chi connectivity index (χ0n) is 12.9. The first-order valence-corrected chi connectivity index (χ1v) is 7.57. The van der Waals surface area contributed by atoms with E-state index in [0.29, 0.717) is 17.3 Å². The zero-order chi connectivity index (χ0) is 16.9. The number of pyridine rings is 2. The van der Waals surface area contributed by atoms with Crippen molar-refractivity contribution >= 4 is 16.8 Å². The number of amides is 1. The monoisotopic (exact) mass is 323 g/mol. The summed E-state index contributed by atoms with van der Waals surface area (Å²) in [6, 6.07) is 12.5. The highest BCUT2D eigenvalue weighted by Gasteiger charge is 2.19. The number of hydrogen-bond acceptors (Lipinski definition) is 5. The van der Waals surface area contributed by atoms with Crippen molar-refractivity contribution in [1.82, 2.24) is 15.3 Å². The summed E-state index contributed by atoms with van der Waals surface area (Å²) >= 11 is 0. The smallest absolute Gasteiger partial charge is 0.274 e. The molecule has 3 N–H and O–H groups in total. The fourth-order valence-electron chi connectivity index (χ4n) is 2.51. The van der Waals surface area contributed by atoms with E-state index in [-0.39, 0.29) is 18.1 Å². The molecule has 6 heteroatoms. The van der Waals surface area contributed by atoms with E-state index in [2.05, 4.69) is 15.3 Å². The minimum atomic E-state index is -0.546. The quantitative estimate of drug-likeness (QED) is 0.664. The molecule has 0 saturated carbocycles. The normalized spacial score (nSPS) is 12.0. The van der Waals surface area contributed by atoms with Gasteiger partial charge in [-0.05, 0) is 24.1 Å². The van der Waals surface area contributed by atoms with Gasteiger partial charge in [0.1, 0.15) is 5.52 Å².